The molecule has 3 aromatic carbocycles. The van der Waals surface area contributed by atoms with E-state index in [1.807, 2.05) is 42.9 Å². The molecule has 0 radical (unpaired) electrons. The molecule has 0 aliphatic rings. The van der Waals surface area contributed by atoms with Crippen LogP contribution in [0.4, 0.5) is 8.78 Å². The van der Waals surface area contributed by atoms with E-state index in [4.69, 9.17) is 15.0 Å². The lowest BCUT2D eigenvalue weighted by molar-refractivity contribution is -0.689. The molecule has 49 heavy (non-hydrogen) atoms. The third kappa shape index (κ3) is 8.82. The number of hydrogen-bond donors (Lipinski definition) is 2. The SMILES string of the molecule is CCCNCC(=O)Oc1c(C)cc(C[n+]2cnn(C[C@](O)(c3ccc(F)cc3F)[C@@H](C)c3nc(-c4ccc(C#N)cc4)cs3)c2)cc1C.[Br-]. The summed E-state index contributed by atoms with van der Waals surface area (Å²) in [4.78, 5) is 17.0. The summed E-state index contributed by atoms with van der Waals surface area (Å²) in [5.74, 6) is -2.15. The Balaban J connectivity index is 0.00000541. The number of hydrogen-bond acceptors (Lipinski definition) is 8. The molecular weight excluding hydrogens is 714 g/mol. The van der Waals surface area contributed by atoms with Gasteiger partial charge >= 0.3 is 5.97 Å². The quantitative estimate of drug-likeness (QED) is 0.0824. The molecule has 2 N–H and O–H groups in total. The van der Waals surface area contributed by atoms with Crippen molar-refractivity contribution in [3.05, 3.63) is 117 Å². The molecule has 0 saturated carbocycles. The molecule has 0 aliphatic carbocycles. The second kappa shape index (κ2) is 16.4. The fourth-order valence-electron chi connectivity index (χ4n) is 5.63. The highest BCUT2D eigenvalue weighted by Crippen LogP contribution is 2.41. The Morgan fingerprint density at radius 2 is 1.88 bits per heavy atom. The predicted octanol–water partition coefficient (Wildman–Crippen LogP) is 2.71. The number of nitriles is 1. The van der Waals surface area contributed by atoms with E-state index in [0.717, 1.165) is 47.4 Å². The van der Waals surface area contributed by atoms with Gasteiger partial charge in [0, 0.05) is 33.6 Å². The average molecular weight is 752 g/mol. The number of aryl methyl sites for hydroxylation is 2. The molecule has 0 fully saturated rings. The van der Waals surface area contributed by atoms with Crippen molar-refractivity contribution < 1.29 is 45.0 Å². The molecule has 2 heterocycles. The maximum absolute atomic E-state index is 15.3. The molecular formula is C36H37BrF2N6O3S. The van der Waals surface area contributed by atoms with Crippen molar-refractivity contribution in [2.75, 3.05) is 13.1 Å². The summed E-state index contributed by atoms with van der Waals surface area (Å²) in [5, 5.41) is 31.3. The highest BCUT2D eigenvalue weighted by atomic mass is 79.9. The number of aliphatic hydroxyl groups is 1. The Morgan fingerprint density at radius 1 is 1.16 bits per heavy atom. The van der Waals surface area contributed by atoms with Crippen molar-refractivity contribution in [1.82, 2.24) is 20.1 Å². The summed E-state index contributed by atoms with van der Waals surface area (Å²) >= 11 is 1.32. The summed E-state index contributed by atoms with van der Waals surface area (Å²) in [6.45, 7) is 8.71. The van der Waals surface area contributed by atoms with E-state index < -0.39 is 23.2 Å². The monoisotopic (exact) mass is 750 g/mol. The maximum atomic E-state index is 15.3. The highest BCUT2D eigenvalue weighted by Gasteiger charge is 2.43. The van der Waals surface area contributed by atoms with Crippen molar-refractivity contribution in [3.8, 4) is 23.1 Å². The van der Waals surface area contributed by atoms with Crippen molar-refractivity contribution in [1.29, 1.82) is 5.26 Å². The Labute approximate surface area is 298 Å². The number of rotatable bonds is 13. The summed E-state index contributed by atoms with van der Waals surface area (Å²) < 4.78 is 38.2. The van der Waals surface area contributed by atoms with Crippen LogP contribution in [0.25, 0.3) is 11.3 Å². The van der Waals surface area contributed by atoms with E-state index in [1.165, 1.54) is 22.1 Å². The van der Waals surface area contributed by atoms with Crippen LogP contribution >= 0.6 is 11.3 Å². The van der Waals surface area contributed by atoms with Crippen LogP contribution < -0.4 is 31.6 Å². The molecule has 9 nitrogen and oxygen atoms in total. The first-order chi connectivity index (χ1) is 23.0. The molecule has 2 atom stereocenters. The number of halogens is 3. The Bertz CT molecular complexity index is 1940. The lowest BCUT2D eigenvalue weighted by Gasteiger charge is -2.32. The minimum atomic E-state index is -1.86. The van der Waals surface area contributed by atoms with Gasteiger partial charge in [-0.1, -0.05) is 32.0 Å². The number of carbonyl (C=O) groups excluding carboxylic acids is 1. The molecule has 0 aliphatic heterocycles. The summed E-state index contributed by atoms with van der Waals surface area (Å²) in [6, 6.07) is 16.1. The van der Waals surface area contributed by atoms with Gasteiger partial charge in [0.25, 0.3) is 6.33 Å². The van der Waals surface area contributed by atoms with Gasteiger partial charge in [0.05, 0.1) is 35.4 Å². The zero-order valence-electron chi connectivity index (χ0n) is 27.6. The first-order valence-electron chi connectivity index (χ1n) is 15.6. The Hall–Kier alpha value is -4.35. The van der Waals surface area contributed by atoms with Gasteiger partial charge in [-0.3, -0.25) is 4.79 Å². The number of aromatic nitrogens is 4. The molecule has 13 heteroatoms. The van der Waals surface area contributed by atoms with E-state index in [1.54, 1.807) is 43.8 Å². The summed E-state index contributed by atoms with van der Waals surface area (Å²) in [6.07, 6.45) is 4.24. The molecule has 0 saturated heterocycles. The second-order valence-corrected chi connectivity index (χ2v) is 12.7. The van der Waals surface area contributed by atoms with Gasteiger partial charge < -0.3 is 32.1 Å². The van der Waals surface area contributed by atoms with Crippen molar-refractivity contribution in [2.45, 2.75) is 58.7 Å². The normalized spacial score (nSPS) is 12.9. The van der Waals surface area contributed by atoms with Crippen LogP contribution in [-0.4, -0.2) is 38.9 Å². The Kier molecular flexibility index (Phi) is 12.5. The first-order valence-corrected chi connectivity index (χ1v) is 16.5. The molecule has 0 unspecified atom stereocenters. The lowest BCUT2D eigenvalue weighted by atomic mass is 9.82. The van der Waals surface area contributed by atoms with Crippen molar-refractivity contribution >= 4 is 17.3 Å². The van der Waals surface area contributed by atoms with Crippen LogP contribution in [0.5, 0.6) is 5.75 Å². The Morgan fingerprint density at radius 3 is 2.53 bits per heavy atom. The number of thiazole rings is 1. The van der Waals surface area contributed by atoms with Crippen LogP contribution in [0.15, 0.2) is 72.6 Å². The maximum Gasteiger partial charge on any atom is 0.325 e. The average Bonchev–Trinajstić information content (AvgIpc) is 3.72. The molecule has 0 amide bonds. The number of nitrogens with zero attached hydrogens (tertiary/aromatic N) is 5. The van der Waals surface area contributed by atoms with Crippen LogP contribution in [0.2, 0.25) is 0 Å². The van der Waals surface area contributed by atoms with Gasteiger partial charge in [-0.25, -0.2) is 18.3 Å². The number of nitrogens with one attached hydrogen (secondary N) is 1. The zero-order chi connectivity index (χ0) is 34.4. The van der Waals surface area contributed by atoms with Gasteiger partial charge in [-0.2, -0.15) is 5.26 Å². The van der Waals surface area contributed by atoms with Gasteiger partial charge in [0.1, 0.15) is 29.5 Å². The zero-order valence-corrected chi connectivity index (χ0v) is 30.0. The van der Waals surface area contributed by atoms with Gasteiger partial charge in [-0.15, -0.1) is 16.0 Å². The highest BCUT2D eigenvalue weighted by molar-refractivity contribution is 7.10. The second-order valence-electron chi connectivity index (χ2n) is 11.9. The predicted molar refractivity (Wildman–Crippen MR) is 177 cm³/mol. The third-order valence-corrected chi connectivity index (χ3v) is 9.17. The van der Waals surface area contributed by atoms with E-state index in [-0.39, 0.29) is 41.6 Å². The van der Waals surface area contributed by atoms with Crippen LogP contribution in [0.1, 0.15) is 59.0 Å². The molecule has 0 spiro atoms. The molecule has 256 valence electrons. The minimum Gasteiger partial charge on any atom is -1.00 e. The summed E-state index contributed by atoms with van der Waals surface area (Å²) in [5.41, 5.74) is 2.64. The van der Waals surface area contributed by atoms with E-state index in [2.05, 4.69) is 16.5 Å². The first kappa shape index (κ1) is 37.5. The fourth-order valence-corrected chi connectivity index (χ4v) is 6.60. The van der Waals surface area contributed by atoms with Crippen molar-refractivity contribution in [3.63, 3.8) is 0 Å². The van der Waals surface area contributed by atoms with E-state index in [0.29, 0.717) is 28.6 Å². The van der Waals surface area contributed by atoms with Gasteiger partial charge in [-0.05, 0) is 73.8 Å². The van der Waals surface area contributed by atoms with E-state index >= 15 is 4.39 Å². The van der Waals surface area contributed by atoms with Gasteiger partial charge in [0.2, 0.25) is 6.33 Å². The smallest absolute Gasteiger partial charge is 0.325 e. The standard InChI is InChI=1S/C36H37F2N6O3S.BrH/c1-5-12-40-17-33(45)47-34-23(2)13-27(14-24(34)3)18-43-21-41-44(22-43)20-36(46,30-11-10-29(37)15-31(30)38)25(4)35-42-32(19-48-35)28-8-6-26(16-39)7-9-28;/h6-11,13-15,19,21-22,25,40,46H,5,12,17-18,20H2,1-4H3;1H/q+1;/p-1/t25-,36+;/m0./s1. The van der Waals surface area contributed by atoms with Crippen LogP contribution in [0.3, 0.4) is 0 Å². The molecule has 2 aromatic heterocycles. The number of ether oxygens (including phenoxy) is 1. The molecule has 0 bridgehead atoms. The number of esters is 1. The topological polar surface area (TPSA) is 117 Å². The van der Waals surface area contributed by atoms with E-state index in [9.17, 15) is 14.3 Å². The molecule has 5 aromatic rings. The van der Waals surface area contributed by atoms with Gasteiger partial charge in [0.15, 0.2) is 0 Å². The van der Waals surface area contributed by atoms with Crippen LogP contribution in [0, 0.1) is 36.8 Å². The van der Waals surface area contributed by atoms with Crippen LogP contribution in [-0.2, 0) is 23.5 Å². The fraction of sp³-hybridized carbons (Fsp3) is 0.306. The molecule has 5 rings (SSSR count). The lowest BCUT2D eigenvalue weighted by Crippen LogP contribution is -3.00. The summed E-state index contributed by atoms with van der Waals surface area (Å²) in [7, 11) is 0. The number of carbonyl (C=O) groups is 1. The number of benzene rings is 3. The largest absolute Gasteiger partial charge is 1.00 e. The minimum absolute atomic E-state index is 0. The van der Waals surface area contributed by atoms with Crippen molar-refractivity contribution in [2.24, 2.45) is 0 Å². The third-order valence-electron chi connectivity index (χ3n) is 8.15.